The third kappa shape index (κ3) is 1.02. The lowest BCUT2D eigenvalue weighted by Crippen LogP contribution is -2.14. The van der Waals surface area contributed by atoms with E-state index >= 15 is 0 Å². The lowest BCUT2D eigenvalue weighted by atomic mass is 10.4. The van der Waals surface area contributed by atoms with Crippen LogP contribution in [0.1, 0.15) is 10.5 Å². The first-order valence-electron chi connectivity index (χ1n) is 2.40. The summed E-state index contributed by atoms with van der Waals surface area (Å²) >= 11 is 0. The molecule has 0 aliphatic heterocycles. The molecule has 0 radical (unpaired) electrons. The molecule has 5 nitrogen and oxygen atoms in total. The van der Waals surface area contributed by atoms with Gasteiger partial charge in [-0.05, 0) is 0 Å². The SMILES string of the molecule is O=C(O)c1noccc1=O. The van der Waals surface area contributed by atoms with E-state index in [-0.39, 0.29) is 0 Å². The highest BCUT2D eigenvalue weighted by molar-refractivity contribution is 5.84. The monoisotopic (exact) mass is 141 g/mol. The van der Waals surface area contributed by atoms with E-state index in [1.54, 1.807) is 0 Å². The molecule has 0 saturated heterocycles. The fraction of sp³-hybridized carbons (Fsp3) is 0. The van der Waals surface area contributed by atoms with Crippen LogP contribution >= 0.6 is 0 Å². The number of nitrogens with zero attached hydrogens (tertiary/aromatic N) is 1. The minimum Gasteiger partial charge on any atom is -0.476 e. The molecule has 0 atom stereocenters. The van der Waals surface area contributed by atoms with Crippen molar-refractivity contribution in [3.05, 3.63) is 28.2 Å². The van der Waals surface area contributed by atoms with Crippen molar-refractivity contribution in [2.75, 3.05) is 0 Å². The van der Waals surface area contributed by atoms with Crippen LogP contribution in [0, 0.1) is 0 Å². The second-order valence-electron chi connectivity index (χ2n) is 1.52. The maximum atomic E-state index is 10.6. The van der Waals surface area contributed by atoms with E-state index in [4.69, 9.17) is 5.11 Å². The van der Waals surface area contributed by atoms with E-state index in [0.29, 0.717) is 0 Å². The summed E-state index contributed by atoms with van der Waals surface area (Å²) in [7, 11) is 0. The van der Waals surface area contributed by atoms with Crippen LogP contribution in [0.25, 0.3) is 0 Å². The Morgan fingerprint density at radius 1 is 1.70 bits per heavy atom. The van der Waals surface area contributed by atoms with Crippen LogP contribution in [-0.4, -0.2) is 16.2 Å². The third-order valence-electron chi connectivity index (χ3n) is 0.860. The first-order valence-corrected chi connectivity index (χ1v) is 2.40. The summed E-state index contributed by atoms with van der Waals surface area (Å²) < 4.78 is 4.22. The van der Waals surface area contributed by atoms with Crippen molar-refractivity contribution in [1.29, 1.82) is 0 Å². The highest BCUT2D eigenvalue weighted by atomic mass is 16.5. The molecular weight excluding hydrogens is 138 g/mol. The highest BCUT2D eigenvalue weighted by Gasteiger charge is 2.08. The second-order valence-corrected chi connectivity index (χ2v) is 1.52. The molecule has 0 amide bonds. The number of aromatic carboxylic acids is 1. The molecule has 1 N–H and O–H groups in total. The van der Waals surface area contributed by atoms with Crippen molar-refractivity contribution in [3.8, 4) is 0 Å². The van der Waals surface area contributed by atoms with Crippen molar-refractivity contribution >= 4 is 5.97 Å². The van der Waals surface area contributed by atoms with Gasteiger partial charge in [-0.15, -0.1) is 0 Å². The first-order chi connectivity index (χ1) is 4.72. The minimum atomic E-state index is -1.38. The maximum absolute atomic E-state index is 10.6. The molecule has 0 bridgehead atoms. The molecule has 0 spiro atoms. The van der Waals surface area contributed by atoms with Gasteiger partial charge in [0.2, 0.25) is 11.1 Å². The standard InChI is InChI=1S/C5H3NO4/c7-3-1-2-10-6-4(3)5(8)9/h1-2H,(H,8,9). The summed E-state index contributed by atoms with van der Waals surface area (Å²) in [5.74, 6) is -1.38. The summed E-state index contributed by atoms with van der Waals surface area (Å²) in [5.41, 5.74) is -1.25. The van der Waals surface area contributed by atoms with Crippen LogP contribution in [0.5, 0.6) is 0 Å². The Morgan fingerprint density at radius 2 is 2.40 bits per heavy atom. The molecule has 1 aromatic rings. The van der Waals surface area contributed by atoms with Gasteiger partial charge in [-0.3, -0.25) is 4.79 Å². The van der Waals surface area contributed by atoms with Gasteiger partial charge in [0, 0.05) is 6.07 Å². The third-order valence-corrected chi connectivity index (χ3v) is 0.860. The van der Waals surface area contributed by atoms with Crippen LogP contribution in [0.3, 0.4) is 0 Å². The molecule has 0 aromatic carbocycles. The number of rotatable bonds is 1. The van der Waals surface area contributed by atoms with Crippen LogP contribution in [0.15, 0.2) is 21.6 Å². The normalized spacial score (nSPS) is 9.20. The molecule has 0 aliphatic carbocycles. The Kier molecular flexibility index (Phi) is 1.49. The summed E-state index contributed by atoms with van der Waals surface area (Å²) in [5, 5.41) is 11.2. The zero-order valence-electron chi connectivity index (χ0n) is 4.77. The van der Waals surface area contributed by atoms with Gasteiger partial charge in [0.25, 0.3) is 0 Å². The summed E-state index contributed by atoms with van der Waals surface area (Å²) in [6.45, 7) is 0. The molecule has 0 unspecified atom stereocenters. The van der Waals surface area contributed by atoms with E-state index in [0.717, 1.165) is 12.3 Å². The lowest BCUT2D eigenvalue weighted by Gasteiger charge is -1.85. The fourth-order valence-electron chi connectivity index (χ4n) is 0.444. The highest BCUT2D eigenvalue weighted by Crippen LogP contribution is 1.82. The summed E-state index contributed by atoms with van der Waals surface area (Å²) in [6, 6.07) is 0.996. The molecule has 5 heteroatoms. The fourth-order valence-corrected chi connectivity index (χ4v) is 0.444. The molecule has 1 heterocycles. The van der Waals surface area contributed by atoms with Gasteiger partial charge in [0.1, 0.15) is 6.26 Å². The molecule has 1 rings (SSSR count). The number of aromatic nitrogens is 1. The number of carbonyl (C=O) groups is 1. The lowest BCUT2D eigenvalue weighted by molar-refractivity contribution is 0.0679. The Hall–Kier alpha value is -1.65. The van der Waals surface area contributed by atoms with Gasteiger partial charge in [-0.1, -0.05) is 5.16 Å². The maximum Gasteiger partial charge on any atom is 0.362 e. The van der Waals surface area contributed by atoms with Crippen molar-refractivity contribution < 1.29 is 14.4 Å². The molecule has 0 fully saturated rings. The van der Waals surface area contributed by atoms with Crippen molar-refractivity contribution in [1.82, 2.24) is 5.16 Å². The molecular formula is C5H3NO4. The van der Waals surface area contributed by atoms with Crippen LogP contribution < -0.4 is 5.43 Å². The van der Waals surface area contributed by atoms with E-state index < -0.39 is 17.1 Å². The Bertz CT molecular complexity index is 303. The van der Waals surface area contributed by atoms with Gasteiger partial charge >= 0.3 is 5.97 Å². The second kappa shape index (κ2) is 2.30. The summed E-state index contributed by atoms with van der Waals surface area (Å²) in [4.78, 5) is 20.7. The molecule has 0 saturated carbocycles. The zero-order chi connectivity index (χ0) is 7.56. The van der Waals surface area contributed by atoms with E-state index in [1.165, 1.54) is 0 Å². The van der Waals surface area contributed by atoms with Crippen molar-refractivity contribution in [2.24, 2.45) is 0 Å². The average Bonchev–Trinajstić information content (AvgIpc) is 1.88. The molecule has 10 heavy (non-hydrogen) atoms. The summed E-state index contributed by atoms with van der Waals surface area (Å²) in [6.07, 6.45) is 1.02. The predicted octanol–water partition coefficient (Wildman–Crippen LogP) is -0.267. The quantitative estimate of drug-likeness (QED) is 0.582. The largest absolute Gasteiger partial charge is 0.476 e. The van der Waals surface area contributed by atoms with Crippen LogP contribution in [0.2, 0.25) is 0 Å². The Morgan fingerprint density at radius 3 is 2.80 bits per heavy atom. The smallest absolute Gasteiger partial charge is 0.362 e. The number of carboxylic acid groups (broad SMARTS) is 1. The molecule has 1 aromatic heterocycles. The van der Waals surface area contributed by atoms with Crippen LogP contribution in [0.4, 0.5) is 0 Å². The van der Waals surface area contributed by atoms with Gasteiger partial charge in [-0.2, -0.15) is 0 Å². The zero-order valence-corrected chi connectivity index (χ0v) is 4.77. The van der Waals surface area contributed by atoms with E-state index in [9.17, 15) is 9.59 Å². The number of carboxylic acids is 1. The van der Waals surface area contributed by atoms with E-state index in [1.807, 2.05) is 0 Å². The number of hydrogen-bond donors (Lipinski definition) is 1. The first kappa shape index (κ1) is 6.47. The number of hydrogen-bond acceptors (Lipinski definition) is 4. The molecule has 0 aliphatic rings. The van der Waals surface area contributed by atoms with Gasteiger partial charge in [0.05, 0.1) is 0 Å². The van der Waals surface area contributed by atoms with Gasteiger partial charge in [0.15, 0.2) is 0 Å². The Labute approximate surface area is 54.9 Å². The molecule has 52 valence electrons. The van der Waals surface area contributed by atoms with E-state index in [2.05, 4.69) is 9.68 Å². The topological polar surface area (TPSA) is 80.4 Å². The van der Waals surface area contributed by atoms with Crippen molar-refractivity contribution in [2.45, 2.75) is 0 Å². The average molecular weight is 141 g/mol. The van der Waals surface area contributed by atoms with Gasteiger partial charge in [-0.25, -0.2) is 4.79 Å². The van der Waals surface area contributed by atoms with Crippen molar-refractivity contribution in [3.63, 3.8) is 0 Å². The van der Waals surface area contributed by atoms with Crippen LogP contribution in [-0.2, 0) is 0 Å². The van der Waals surface area contributed by atoms with Gasteiger partial charge < -0.3 is 9.63 Å². The predicted molar refractivity (Wildman–Crippen MR) is 29.7 cm³/mol. The Balaban J connectivity index is 3.29. The minimum absolute atomic E-state index is 0.595.